The van der Waals surface area contributed by atoms with Gasteiger partial charge >= 0.3 is 0 Å². The molecule has 2 rings (SSSR count). The van der Waals surface area contributed by atoms with Crippen molar-refractivity contribution in [1.29, 1.82) is 0 Å². The van der Waals surface area contributed by atoms with Crippen LogP contribution in [0.1, 0.15) is 13.3 Å². The molecule has 0 radical (unpaired) electrons. The predicted octanol–water partition coefficient (Wildman–Crippen LogP) is 3.95. The third-order valence-electron chi connectivity index (χ3n) is 2.03. The summed E-state index contributed by atoms with van der Waals surface area (Å²) < 4.78 is 11.1. The Hall–Kier alpha value is -0.406. The molecule has 0 heterocycles. The molecule has 18 heavy (non-hydrogen) atoms. The summed E-state index contributed by atoms with van der Waals surface area (Å²) in [5.74, 6) is 2.28. The summed E-state index contributed by atoms with van der Waals surface area (Å²) in [5.41, 5.74) is 0. The molecule has 0 unspecified atom stereocenters. The molecule has 0 amide bonds. The van der Waals surface area contributed by atoms with Gasteiger partial charge in [-0.25, -0.2) is 6.08 Å². The molecule has 1 aromatic carbocycles. The van der Waals surface area contributed by atoms with Gasteiger partial charge in [-0.05, 0) is 24.8 Å². The second kappa shape index (κ2) is 10.5. The van der Waals surface area contributed by atoms with Crippen molar-refractivity contribution in [2.45, 2.75) is 13.3 Å². The first kappa shape index (κ1) is 19.9. The normalized spacial score (nSPS) is 11.5. The molecule has 1 aliphatic carbocycles. The van der Waals surface area contributed by atoms with Gasteiger partial charge in [-0.3, -0.25) is 0 Å². The SMILES string of the molecule is CCOc1ccccc1OC1=[C-]CC=C1.Cl.Cl.[Ti]. The van der Waals surface area contributed by atoms with Crippen molar-refractivity contribution in [3.05, 3.63) is 48.3 Å². The van der Waals surface area contributed by atoms with Crippen LogP contribution in [0.15, 0.2) is 42.2 Å². The fourth-order valence-corrected chi connectivity index (χ4v) is 1.38. The number of hydrogen-bond acceptors (Lipinski definition) is 2. The van der Waals surface area contributed by atoms with E-state index in [4.69, 9.17) is 9.47 Å². The van der Waals surface area contributed by atoms with Gasteiger partial charge < -0.3 is 9.47 Å². The average molecular weight is 322 g/mol. The van der Waals surface area contributed by atoms with Gasteiger partial charge in [0.2, 0.25) is 0 Å². The maximum atomic E-state index is 5.65. The Balaban J connectivity index is 0. The van der Waals surface area contributed by atoms with Gasteiger partial charge in [0.05, 0.1) is 6.61 Å². The summed E-state index contributed by atoms with van der Waals surface area (Å²) in [6, 6.07) is 7.65. The van der Waals surface area contributed by atoms with Crippen LogP contribution >= 0.6 is 24.8 Å². The first-order valence-corrected chi connectivity index (χ1v) is 5.07. The van der Waals surface area contributed by atoms with Crippen molar-refractivity contribution in [2.24, 2.45) is 0 Å². The van der Waals surface area contributed by atoms with Gasteiger partial charge in [-0.1, -0.05) is 12.1 Å². The minimum atomic E-state index is 0. The van der Waals surface area contributed by atoms with Crippen LogP contribution in [0, 0.1) is 6.08 Å². The van der Waals surface area contributed by atoms with Crippen LogP contribution in [0.3, 0.4) is 0 Å². The van der Waals surface area contributed by atoms with Crippen LogP contribution in [0.4, 0.5) is 0 Å². The monoisotopic (exact) mass is 321 g/mol. The molecule has 1 aliphatic rings. The number of halogens is 2. The van der Waals surface area contributed by atoms with Crippen LogP contribution in [-0.2, 0) is 21.7 Å². The van der Waals surface area contributed by atoms with Crippen LogP contribution in [0.25, 0.3) is 0 Å². The summed E-state index contributed by atoms with van der Waals surface area (Å²) in [5, 5.41) is 0. The molecule has 0 fully saturated rings. The maximum Gasteiger partial charge on any atom is 0.164 e. The van der Waals surface area contributed by atoms with E-state index in [9.17, 15) is 0 Å². The van der Waals surface area contributed by atoms with Gasteiger partial charge in [0, 0.05) is 21.7 Å². The first-order chi connectivity index (χ1) is 7.40. The Morgan fingerprint density at radius 3 is 2.39 bits per heavy atom. The van der Waals surface area contributed by atoms with Crippen molar-refractivity contribution < 1.29 is 31.2 Å². The van der Waals surface area contributed by atoms with E-state index in [-0.39, 0.29) is 46.5 Å². The van der Waals surface area contributed by atoms with Gasteiger partial charge in [-0.15, -0.1) is 31.2 Å². The Bertz CT molecular complexity index is 406. The largest absolute Gasteiger partial charge is 0.492 e. The van der Waals surface area contributed by atoms with E-state index in [1.54, 1.807) is 0 Å². The quantitative estimate of drug-likeness (QED) is 0.617. The van der Waals surface area contributed by atoms with Crippen molar-refractivity contribution in [2.75, 3.05) is 6.61 Å². The average Bonchev–Trinajstić information content (AvgIpc) is 2.74. The minimum Gasteiger partial charge on any atom is -0.492 e. The van der Waals surface area contributed by atoms with E-state index in [1.807, 2.05) is 43.3 Å². The molecule has 5 heteroatoms. The minimum absolute atomic E-state index is 0. The van der Waals surface area contributed by atoms with Gasteiger partial charge in [0.1, 0.15) is 0 Å². The first-order valence-electron chi connectivity index (χ1n) is 5.07. The van der Waals surface area contributed by atoms with E-state index in [0.717, 1.165) is 23.7 Å². The Labute approximate surface area is 135 Å². The molecule has 2 nitrogen and oxygen atoms in total. The predicted molar refractivity (Wildman–Crippen MR) is 73.2 cm³/mol. The fraction of sp³-hybridized carbons (Fsp3) is 0.231. The standard InChI is InChI=1S/C13H13O2.2ClH.Ti/c1-2-14-12-9-5-6-10-13(12)15-11-7-3-4-8-11;;;/h3,5-7,9-10H,2,4H2,1H3;2*1H;/q-1;;;. The van der Waals surface area contributed by atoms with E-state index in [2.05, 4.69) is 6.08 Å². The zero-order valence-corrected chi connectivity index (χ0v) is 13.2. The molecule has 98 valence electrons. The van der Waals surface area contributed by atoms with Crippen molar-refractivity contribution in [3.8, 4) is 11.5 Å². The molecule has 0 saturated heterocycles. The van der Waals surface area contributed by atoms with Gasteiger partial charge in [-0.2, -0.15) is 12.2 Å². The van der Waals surface area contributed by atoms with E-state index in [0.29, 0.717) is 6.61 Å². The number of para-hydroxylation sites is 2. The van der Waals surface area contributed by atoms with E-state index < -0.39 is 0 Å². The molecule has 0 atom stereocenters. The second-order valence-electron chi connectivity index (χ2n) is 3.13. The van der Waals surface area contributed by atoms with Crippen LogP contribution < -0.4 is 9.47 Å². The van der Waals surface area contributed by atoms with Gasteiger partial charge in [0.15, 0.2) is 11.5 Å². The molecule has 1 aromatic rings. The van der Waals surface area contributed by atoms with Gasteiger partial charge in [0.25, 0.3) is 0 Å². The summed E-state index contributed by atoms with van der Waals surface area (Å²) in [4.78, 5) is 0. The number of benzene rings is 1. The summed E-state index contributed by atoms with van der Waals surface area (Å²) >= 11 is 0. The van der Waals surface area contributed by atoms with Crippen molar-refractivity contribution in [3.63, 3.8) is 0 Å². The molecule has 0 bridgehead atoms. The molecule has 0 saturated carbocycles. The second-order valence-corrected chi connectivity index (χ2v) is 3.13. The van der Waals surface area contributed by atoms with Crippen LogP contribution in [0.5, 0.6) is 11.5 Å². The van der Waals surface area contributed by atoms with Crippen molar-refractivity contribution in [1.82, 2.24) is 0 Å². The maximum absolute atomic E-state index is 5.65. The fourth-order valence-electron chi connectivity index (χ4n) is 1.38. The molecular formula is C13H15Cl2O2Ti-. The van der Waals surface area contributed by atoms with Crippen LogP contribution in [-0.4, -0.2) is 6.61 Å². The third kappa shape index (κ3) is 5.49. The van der Waals surface area contributed by atoms with Crippen molar-refractivity contribution >= 4 is 24.8 Å². The summed E-state index contributed by atoms with van der Waals surface area (Å²) in [6.45, 7) is 2.59. The topological polar surface area (TPSA) is 18.5 Å². The Morgan fingerprint density at radius 1 is 1.17 bits per heavy atom. The zero-order valence-electron chi connectivity index (χ0n) is 10.0. The molecule has 0 aliphatic heterocycles. The third-order valence-corrected chi connectivity index (χ3v) is 2.03. The molecule has 0 spiro atoms. The van der Waals surface area contributed by atoms with E-state index in [1.165, 1.54) is 0 Å². The summed E-state index contributed by atoms with van der Waals surface area (Å²) in [7, 11) is 0. The number of allylic oxidation sites excluding steroid dienone is 3. The Kier molecular flexibility index (Phi) is 11.6. The number of ether oxygens (including phenoxy) is 2. The number of hydrogen-bond donors (Lipinski definition) is 0. The Morgan fingerprint density at radius 2 is 1.83 bits per heavy atom. The van der Waals surface area contributed by atoms with Crippen LogP contribution in [0.2, 0.25) is 0 Å². The molecule has 0 N–H and O–H groups in total. The smallest absolute Gasteiger partial charge is 0.164 e. The summed E-state index contributed by atoms with van der Waals surface area (Å²) in [6.07, 6.45) is 7.86. The number of rotatable bonds is 4. The molecule has 0 aromatic heterocycles. The zero-order chi connectivity index (χ0) is 10.5. The molecular weight excluding hydrogens is 307 g/mol. The van der Waals surface area contributed by atoms with E-state index >= 15 is 0 Å².